The highest BCUT2D eigenvalue weighted by Crippen LogP contribution is 2.40. The van der Waals surface area contributed by atoms with Crippen molar-refractivity contribution in [3.63, 3.8) is 0 Å². The van der Waals surface area contributed by atoms with Crippen molar-refractivity contribution >= 4 is 0 Å². The SMILES string of the molecule is Cc1ccc(-n2c(=O)cc(C(F)(F)F)n(C)c2=O)c2c1CC(C)(C)O2. The van der Waals surface area contributed by atoms with Crippen molar-refractivity contribution in [1.82, 2.24) is 9.13 Å². The summed E-state index contributed by atoms with van der Waals surface area (Å²) in [5, 5.41) is 0. The van der Waals surface area contributed by atoms with Crippen molar-refractivity contribution < 1.29 is 17.9 Å². The van der Waals surface area contributed by atoms with Gasteiger partial charge >= 0.3 is 11.9 Å². The Morgan fingerprint density at radius 3 is 2.44 bits per heavy atom. The van der Waals surface area contributed by atoms with Gasteiger partial charge in [-0.15, -0.1) is 0 Å². The lowest BCUT2D eigenvalue weighted by Gasteiger charge is -2.19. The van der Waals surface area contributed by atoms with Crippen LogP contribution in [-0.4, -0.2) is 14.7 Å². The molecule has 0 saturated carbocycles. The van der Waals surface area contributed by atoms with Crippen LogP contribution in [0.15, 0.2) is 27.8 Å². The van der Waals surface area contributed by atoms with Gasteiger partial charge in [0.15, 0.2) is 0 Å². The summed E-state index contributed by atoms with van der Waals surface area (Å²) < 4.78 is 46.0. The Labute approximate surface area is 141 Å². The second-order valence-corrected chi connectivity index (χ2v) is 6.79. The van der Waals surface area contributed by atoms with Crippen LogP contribution in [0.4, 0.5) is 13.2 Å². The summed E-state index contributed by atoms with van der Waals surface area (Å²) >= 11 is 0. The van der Waals surface area contributed by atoms with Gasteiger partial charge in [-0.1, -0.05) is 6.07 Å². The first-order valence-electron chi connectivity index (χ1n) is 7.64. The Balaban J connectivity index is 2.31. The zero-order chi connectivity index (χ0) is 18.7. The smallest absolute Gasteiger partial charge is 0.431 e. The van der Waals surface area contributed by atoms with Gasteiger partial charge in [0.2, 0.25) is 0 Å². The molecule has 2 aromatic rings. The topological polar surface area (TPSA) is 53.2 Å². The average Bonchev–Trinajstić information content (AvgIpc) is 2.80. The van der Waals surface area contributed by atoms with Crippen molar-refractivity contribution in [3.8, 4) is 11.4 Å². The molecule has 1 aliphatic rings. The molecule has 134 valence electrons. The Kier molecular flexibility index (Phi) is 3.63. The van der Waals surface area contributed by atoms with E-state index in [-0.39, 0.29) is 5.69 Å². The van der Waals surface area contributed by atoms with E-state index in [0.717, 1.165) is 22.7 Å². The van der Waals surface area contributed by atoms with E-state index in [0.29, 0.717) is 22.8 Å². The molecule has 2 heterocycles. The molecule has 0 aliphatic carbocycles. The standard InChI is InChI=1S/C17H17F3N2O3/c1-9-5-6-11(14-10(9)8-16(2,3)25-14)22-13(23)7-12(17(18,19)20)21(4)15(22)24/h5-7H,8H2,1-4H3. The number of hydrogen-bond donors (Lipinski definition) is 0. The first-order chi connectivity index (χ1) is 11.4. The van der Waals surface area contributed by atoms with Gasteiger partial charge in [-0.05, 0) is 32.4 Å². The molecule has 0 unspecified atom stereocenters. The summed E-state index contributed by atoms with van der Waals surface area (Å²) in [6.45, 7) is 5.61. The lowest BCUT2D eigenvalue weighted by atomic mass is 9.97. The molecule has 0 amide bonds. The first-order valence-corrected chi connectivity index (χ1v) is 7.64. The van der Waals surface area contributed by atoms with Gasteiger partial charge < -0.3 is 4.74 Å². The molecule has 1 aromatic heterocycles. The summed E-state index contributed by atoms with van der Waals surface area (Å²) in [7, 11) is 0.986. The number of ether oxygens (including phenoxy) is 1. The molecule has 0 radical (unpaired) electrons. The molecular formula is C17H17F3N2O3. The monoisotopic (exact) mass is 354 g/mol. The number of halogens is 3. The van der Waals surface area contributed by atoms with E-state index in [1.807, 2.05) is 20.8 Å². The van der Waals surface area contributed by atoms with E-state index < -0.39 is 28.7 Å². The van der Waals surface area contributed by atoms with E-state index >= 15 is 0 Å². The number of benzene rings is 1. The minimum Gasteiger partial charge on any atom is -0.485 e. The van der Waals surface area contributed by atoms with Gasteiger partial charge in [-0.2, -0.15) is 13.2 Å². The van der Waals surface area contributed by atoms with Crippen molar-refractivity contribution in [2.45, 2.75) is 39.0 Å². The molecule has 3 rings (SSSR count). The summed E-state index contributed by atoms with van der Waals surface area (Å²) in [6, 6.07) is 3.67. The number of hydrogen-bond acceptors (Lipinski definition) is 3. The first kappa shape index (κ1) is 17.3. The van der Waals surface area contributed by atoms with Crippen LogP contribution >= 0.6 is 0 Å². The number of fused-ring (bicyclic) bond motifs is 1. The number of nitrogens with zero attached hydrogens (tertiary/aromatic N) is 2. The van der Waals surface area contributed by atoms with Crippen molar-refractivity contribution in [3.05, 3.63) is 55.9 Å². The zero-order valence-electron chi connectivity index (χ0n) is 14.2. The Morgan fingerprint density at radius 1 is 1.20 bits per heavy atom. The summed E-state index contributed by atoms with van der Waals surface area (Å²) in [5.41, 5.74) is -2.00. The van der Waals surface area contributed by atoms with E-state index in [2.05, 4.69) is 0 Å². The van der Waals surface area contributed by atoms with E-state index in [1.165, 1.54) is 6.07 Å². The molecule has 0 bridgehead atoms. The van der Waals surface area contributed by atoms with Crippen molar-refractivity contribution in [2.75, 3.05) is 0 Å². The molecule has 8 heteroatoms. The fraction of sp³-hybridized carbons (Fsp3) is 0.412. The Hall–Kier alpha value is -2.51. The summed E-state index contributed by atoms with van der Waals surface area (Å²) in [6.07, 6.45) is -4.21. The van der Waals surface area contributed by atoms with Crippen molar-refractivity contribution in [1.29, 1.82) is 0 Å². The highest BCUT2D eigenvalue weighted by atomic mass is 19.4. The second-order valence-electron chi connectivity index (χ2n) is 6.79. The average molecular weight is 354 g/mol. The fourth-order valence-corrected chi connectivity index (χ4v) is 3.08. The van der Waals surface area contributed by atoms with Crippen molar-refractivity contribution in [2.24, 2.45) is 7.05 Å². The molecule has 1 aromatic carbocycles. The minimum atomic E-state index is -4.79. The molecule has 0 N–H and O–H groups in total. The van der Waals surface area contributed by atoms with Crippen LogP contribution in [0.3, 0.4) is 0 Å². The molecule has 25 heavy (non-hydrogen) atoms. The van der Waals surface area contributed by atoms with Crippen LogP contribution in [-0.2, 0) is 19.6 Å². The Morgan fingerprint density at radius 2 is 1.84 bits per heavy atom. The number of alkyl halides is 3. The maximum atomic E-state index is 13.0. The quantitative estimate of drug-likeness (QED) is 0.791. The molecule has 0 atom stereocenters. The zero-order valence-corrected chi connectivity index (χ0v) is 14.2. The fourth-order valence-electron chi connectivity index (χ4n) is 3.08. The van der Waals surface area contributed by atoms with Gasteiger partial charge in [0, 0.05) is 25.1 Å². The third-order valence-electron chi connectivity index (χ3n) is 4.31. The van der Waals surface area contributed by atoms with Gasteiger partial charge in [0.25, 0.3) is 5.56 Å². The van der Waals surface area contributed by atoms with Crippen LogP contribution in [0.1, 0.15) is 30.7 Å². The van der Waals surface area contributed by atoms with E-state index in [9.17, 15) is 22.8 Å². The number of aromatic nitrogens is 2. The predicted molar refractivity (Wildman–Crippen MR) is 85.4 cm³/mol. The predicted octanol–water partition coefficient (Wildman–Crippen LogP) is 2.58. The molecular weight excluding hydrogens is 337 g/mol. The summed E-state index contributed by atoms with van der Waals surface area (Å²) in [5.74, 6) is 0.365. The molecule has 0 fully saturated rings. The minimum absolute atomic E-state index is 0.158. The maximum Gasteiger partial charge on any atom is 0.431 e. The van der Waals surface area contributed by atoms with Crippen LogP contribution in [0.2, 0.25) is 0 Å². The van der Waals surface area contributed by atoms with Gasteiger partial charge in [-0.25, -0.2) is 9.36 Å². The highest BCUT2D eigenvalue weighted by molar-refractivity contribution is 5.57. The van der Waals surface area contributed by atoms with Crippen LogP contribution in [0.25, 0.3) is 5.69 Å². The van der Waals surface area contributed by atoms with Crippen LogP contribution in [0, 0.1) is 6.92 Å². The number of aryl methyl sites for hydroxylation is 1. The molecule has 0 spiro atoms. The lowest BCUT2D eigenvalue weighted by Crippen LogP contribution is -2.41. The van der Waals surface area contributed by atoms with E-state index in [4.69, 9.17) is 4.74 Å². The third kappa shape index (κ3) is 2.75. The van der Waals surface area contributed by atoms with Gasteiger partial charge in [0.05, 0.1) is 5.69 Å². The Bertz CT molecular complexity index is 984. The lowest BCUT2D eigenvalue weighted by molar-refractivity contribution is -0.144. The molecule has 1 aliphatic heterocycles. The number of rotatable bonds is 1. The molecule has 0 saturated heterocycles. The third-order valence-corrected chi connectivity index (χ3v) is 4.31. The van der Waals surface area contributed by atoms with Gasteiger partial charge in [0.1, 0.15) is 17.0 Å². The normalized spacial score (nSPS) is 15.8. The maximum absolute atomic E-state index is 13.0. The largest absolute Gasteiger partial charge is 0.485 e. The van der Waals surface area contributed by atoms with Crippen LogP contribution in [0.5, 0.6) is 5.75 Å². The van der Waals surface area contributed by atoms with E-state index in [1.54, 1.807) is 6.07 Å². The van der Waals surface area contributed by atoms with Gasteiger partial charge in [-0.3, -0.25) is 9.36 Å². The van der Waals surface area contributed by atoms with Crippen LogP contribution < -0.4 is 16.0 Å². The highest BCUT2D eigenvalue weighted by Gasteiger charge is 2.37. The second kappa shape index (κ2) is 5.24. The summed E-state index contributed by atoms with van der Waals surface area (Å²) in [4.78, 5) is 24.8. The molecule has 5 nitrogen and oxygen atoms in total.